The Morgan fingerprint density at radius 2 is 1.94 bits per heavy atom. The number of rotatable bonds is 2. The molecule has 162 valence electrons. The fourth-order valence-electron chi connectivity index (χ4n) is 3.64. The molecular weight excluding hydrogens is 477 g/mol. The number of benzene rings is 1. The summed E-state index contributed by atoms with van der Waals surface area (Å²) in [5.74, 6) is -0.0896. The summed E-state index contributed by atoms with van der Waals surface area (Å²) >= 11 is 3.54. The molecule has 2 amide bonds. The van der Waals surface area contributed by atoms with Crippen LogP contribution in [0.2, 0.25) is 0 Å². The lowest BCUT2D eigenvalue weighted by Gasteiger charge is -2.37. The molecule has 0 spiro atoms. The van der Waals surface area contributed by atoms with E-state index in [0.29, 0.717) is 6.54 Å². The van der Waals surface area contributed by atoms with Crippen LogP contribution in [0.15, 0.2) is 47.3 Å². The van der Waals surface area contributed by atoms with Crippen LogP contribution in [0.1, 0.15) is 30.9 Å². The molecule has 0 saturated carbocycles. The van der Waals surface area contributed by atoms with E-state index >= 15 is 0 Å². The van der Waals surface area contributed by atoms with E-state index in [-0.39, 0.29) is 17.5 Å². The SMILES string of the molecule is CC1CN(C(=O)Nc2cnc(-n3nccn3)c(C(F)(F)F)c2)c2cccc(Br)c2C1C. The highest BCUT2D eigenvalue weighted by Gasteiger charge is 2.37. The monoisotopic (exact) mass is 494 g/mol. The highest BCUT2D eigenvalue weighted by Crippen LogP contribution is 2.42. The zero-order valence-corrected chi connectivity index (χ0v) is 18.1. The third-order valence-electron chi connectivity index (χ3n) is 5.38. The maximum atomic E-state index is 13.6. The molecule has 1 aromatic carbocycles. The number of pyridine rings is 1. The molecule has 2 aromatic heterocycles. The minimum atomic E-state index is -4.71. The number of hydrogen-bond donors (Lipinski definition) is 1. The molecule has 4 rings (SSSR count). The number of fused-ring (bicyclic) bond motifs is 1. The predicted octanol–water partition coefficient (Wildman–Crippen LogP) is 5.24. The Balaban J connectivity index is 1.67. The van der Waals surface area contributed by atoms with Crippen molar-refractivity contribution in [2.75, 3.05) is 16.8 Å². The molecule has 1 aliphatic rings. The predicted molar refractivity (Wildman–Crippen MR) is 112 cm³/mol. The van der Waals surface area contributed by atoms with E-state index in [1.165, 1.54) is 12.4 Å². The van der Waals surface area contributed by atoms with Crippen molar-refractivity contribution >= 4 is 33.3 Å². The molecule has 11 heteroatoms. The van der Waals surface area contributed by atoms with Gasteiger partial charge in [-0.05, 0) is 35.6 Å². The molecule has 0 fully saturated rings. The van der Waals surface area contributed by atoms with E-state index < -0.39 is 23.6 Å². The molecule has 1 aliphatic heterocycles. The number of nitrogens with zero attached hydrogens (tertiary/aromatic N) is 5. The number of hydrogen-bond acceptors (Lipinski definition) is 4. The third-order valence-corrected chi connectivity index (χ3v) is 6.07. The minimum absolute atomic E-state index is 0.0731. The molecule has 7 nitrogen and oxygen atoms in total. The molecular formula is C20H18BrF3N6O. The average Bonchev–Trinajstić information content (AvgIpc) is 3.24. The normalized spacial score (nSPS) is 18.6. The Bertz CT molecular complexity index is 1120. The highest BCUT2D eigenvalue weighted by molar-refractivity contribution is 9.10. The minimum Gasteiger partial charge on any atom is -0.306 e. The first-order valence-electron chi connectivity index (χ1n) is 9.47. The van der Waals surface area contributed by atoms with Crippen LogP contribution in [0, 0.1) is 5.92 Å². The van der Waals surface area contributed by atoms with Gasteiger partial charge in [-0.1, -0.05) is 35.8 Å². The summed E-state index contributed by atoms with van der Waals surface area (Å²) in [6.07, 6.45) is -1.04. The van der Waals surface area contributed by atoms with Gasteiger partial charge in [0.1, 0.15) is 5.56 Å². The van der Waals surface area contributed by atoms with Crippen molar-refractivity contribution in [2.24, 2.45) is 5.92 Å². The van der Waals surface area contributed by atoms with E-state index in [1.807, 2.05) is 25.1 Å². The number of aromatic nitrogens is 4. The van der Waals surface area contributed by atoms with Crippen LogP contribution >= 0.6 is 15.9 Å². The molecule has 2 unspecified atom stereocenters. The summed E-state index contributed by atoms with van der Waals surface area (Å²) in [5.41, 5.74) is 0.589. The fraction of sp³-hybridized carbons (Fsp3) is 0.300. The summed E-state index contributed by atoms with van der Waals surface area (Å²) in [4.78, 5) is 19.2. The summed E-state index contributed by atoms with van der Waals surface area (Å²) in [7, 11) is 0. The summed E-state index contributed by atoms with van der Waals surface area (Å²) in [5, 5.41) is 9.98. The Labute approximate surface area is 184 Å². The lowest BCUT2D eigenvalue weighted by Crippen LogP contribution is -2.43. The molecule has 31 heavy (non-hydrogen) atoms. The number of amides is 2. The van der Waals surface area contributed by atoms with E-state index in [9.17, 15) is 18.0 Å². The first kappa shape index (κ1) is 21.3. The number of nitrogens with one attached hydrogen (secondary N) is 1. The number of carbonyl (C=O) groups excluding carboxylic acids is 1. The number of halogens is 4. The van der Waals surface area contributed by atoms with Gasteiger partial charge < -0.3 is 5.32 Å². The Morgan fingerprint density at radius 3 is 2.61 bits per heavy atom. The van der Waals surface area contributed by atoms with E-state index in [0.717, 1.165) is 32.8 Å². The number of alkyl halides is 3. The maximum Gasteiger partial charge on any atom is 0.420 e. The van der Waals surface area contributed by atoms with Gasteiger partial charge in [0.05, 0.1) is 30.0 Å². The zero-order chi connectivity index (χ0) is 22.3. The third kappa shape index (κ3) is 4.01. The summed E-state index contributed by atoms with van der Waals surface area (Å²) < 4.78 is 41.7. The molecule has 0 radical (unpaired) electrons. The Morgan fingerprint density at radius 1 is 1.23 bits per heavy atom. The van der Waals surface area contributed by atoms with Gasteiger partial charge in [-0.15, -0.1) is 4.80 Å². The van der Waals surface area contributed by atoms with E-state index in [4.69, 9.17) is 0 Å². The molecule has 2 atom stereocenters. The molecule has 0 aliphatic carbocycles. The van der Waals surface area contributed by atoms with Gasteiger partial charge in [0, 0.05) is 11.0 Å². The molecule has 0 bridgehead atoms. The van der Waals surface area contributed by atoms with Crippen molar-refractivity contribution < 1.29 is 18.0 Å². The molecule has 1 N–H and O–H groups in total. The van der Waals surface area contributed by atoms with Gasteiger partial charge in [-0.2, -0.15) is 23.4 Å². The summed E-state index contributed by atoms with van der Waals surface area (Å²) in [6, 6.07) is 5.86. The van der Waals surface area contributed by atoms with Crippen molar-refractivity contribution in [1.82, 2.24) is 20.0 Å². The smallest absolute Gasteiger partial charge is 0.306 e. The second-order valence-electron chi connectivity index (χ2n) is 7.39. The van der Waals surface area contributed by atoms with Gasteiger partial charge in [-0.3, -0.25) is 4.90 Å². The second-order valence-corrected chi connectivity index (χ2v) is 8.25. The largest absolute Gasteiger partial charge is 0.420 e. The van der Waals surface area contributed by atoms with Crippen LogP contribution in [-0.4, -0.2) is 32.6 Å². The van der Waals surface area contributed by atoms with Crippen LogP contribution in [-0.2, 0) is 6.18 Å². The van der Waals surface area contributed by atoms with Gasteiger partial charge >= 0.3 is 12.2 Å². The fourth-order valence-corrected chi connectivity index (χ4v) is 4.36. The second kappa shape index (κ2) is 7.95. The summed E-state index contributed by atoms with van der Waals surface area (Å²) in [6.45, 7) is 4.55. The van der Waals surface area contributed by atoms with Crippen molar-refractivity contribution in [3.63, 3.8) is 0 Å². The Kier molecular flexibility index (Phi) is 5.46. The quantitative estimate of drug-likeness (QED) is 0.528. The number of anilines is 2. The van der Waals surface area contributed by atoms with Crippen LogP contribution in [0.25, 0.3) is 5.82 Å². The van der Waals surface area contributed by atoms with Crippen LogP contribution < -0.4 is 10.2 Å². The van der Waals surface area contributed by atoms with Gasteiger partial charge in [-0.25, -0.2) is 9.78 Å². The molecule has 3 heterocycles. The first-order chi connectivity index (χ1) is 14.7. The van der Waals surface area contributed by atoms with E-state index in [1.54, 1.807) is 4.90 Å². The van der Waals surface area contributed by atoms with Gasteiger partial charge in [0.25, 0.3) is 0 Å². The van der Waals surface area contributed by atoms with Crippen molar-refractivity contribution in [1.29, 1.82) is 0 Å². The lowest BCUT2D eigenvalue weighted by atomic mass is 9.84. The van der Waals surface area contributed by atoms with Crippen LogP contribution in [0.5, 0.6) is 0 Å². The zero-order valence-electron chi connectivity index (χ0n) is 16.6. The molecule has 3 aromatic rings. The van der Waals surface area contributed by atoms with Crippen LogP contribution in [0.4, 0.5) is 29.3 Å². The average molecular weight is 495 g/mol. The topological polar surface area (TPSA) is 75.9 Å². The lowest BCUT2D eigenvalue weighted by molar-refractivity contribution is -0.137. The number of carbonyl (C=O) groups is 1. The standard InChI is InChI=1S/C20H18BrF3N6O/c1-11-10-29(16-5-3-4-15(21)17(16)12(11)2)19(31)28-13-8-14(20(22,23)24)18(25-9-13)30-26-6-7-27-30/h3-9,11-12H,10H2,1-2H3,(H,28,31). The van der Waals surface area contributed by atoms with Crippen molar-refractivity contribution in [3.05, 3.63) is 58.5 Å². The first-order valence-corrected chi connectivity index (χ1v) is 10.3. The number of urea groups is 1. The van der Waals surface area contributed by atoms with Gasteiger partial charge in [0.15, 0.2) is 5.82 Å². The van der Waals surface area contributed by atoms with E-state index in [2.05, 4.69) is 43.4 Å². The maximum absolute atomic E-state index is 13.6. The highest BCUT2D eigenvalue weighted by atomic mass is 79.9. The van der Waals surface area contributed by atoms with Gasteiger partial charge in [0.2, 0.25) is 0 Å². The van der Waals surface area contributed by atoms with Crippen molar-refractivity contribution in [3.8, 4) is 5.82 Å². The Hall–Kier alpha value is -2.95. The van der Waals surface area contributed by atoms with Crippen LogP contribution in [0.3, 0.4) is 0 Å². The molecule has 0 saturated heterocycles. The van der Waals surface area contributed by atoms with Crippen molar-refractivity contribution in [2.45, 2.75) is 25.9 Å².